The molecule has 1 rings (SSSR count). The molecule has 0 aromatic heterocycles. The van der Waals surface area contributed by atoms with Crippen LogP contribution in [-0.4, -0.2) is 22.0 Å². The van der Waals surface area contributed by atoms with E-state index >= 15 is 0 Å². The van der Waals surface area contributed by atoms with Gasteiger partial charge in [0.25, 0.3) is 0 Å². The van der Waals surface area contributed by atoms with Crippen molar-refractivity contribution in [2.75, 3.05) is 13.2 Å². The van der Waals surface area contributed by atoms with Crippen LogP contribution in [0.15, 0.2) is 30.3 Å². The van der Waals surface area contributed by atoms with Gasteiger partial charge in [0.1, 0.15) is 5.75 Å². The molecule has 0 saturated heterocycles. The lowest BCUT2D eigenvalue weighted by Gasteiger charge is -2.07. The van der Waals surface area contributed by atoms with Crippen molar-refractivity contribution in [1.29, 1.82) is 0 Å². The van der Waals surface area contributed by atoms with Gasteiger partial charge in [0.05, 0.1) is 24.6 Å². The van der Waals surface area contributed by atoms with E-state index in [1.54, 1.807) is 0 Å². The van der Waals surface area contributed by atoms with Crippen LogP contribution >= 0.6 is 0 Å². The van der Waals surface area contributed by atoms with Crippen LogP contribution < -0.4 is 4.74 Å². The summed E-state index contributed by atoms with van der Waals surface area (Å²) in [6, 6.07) is 9.33. The zero-order valence-corrected chi connectivity index (χ0v) is 8.37. The Morgan fingerprint density at radius 3 is 2.57 bits per heavy atom. The van der Waals surface area contributed by atoms with Crippen LogP contribution in [0.3, 0.4) is 0 Å². The summed E-state index contributed by atoms with van der Waals surface area (Å²) in [6.45, 7) is 0.601. The first-order valence-electron chi connectivity index (χ1n) is 4.19. The molecule has 1 aromatic rings. The molecule has 0 bridgehead atoms. The number of para-hydroxylation sites is 1. The molecule has 0 aliphatic carbocycles. The van der Waals surface area contributed by atoms with E-state index in [9.17, 15) is 8.76 Å². The fraction of sp³-hybridized carbons (Fsp3) is 0.333. The molecule has 0 amide bonds. The number of rotatable bonds is 6. The first kappa shape index (κ1) is 11.2. The molecule has 0 saturated carbocycles. The SMILES string of the molecule is O=S([O-])OCCCOc1ccccc1. The third-order valence-electron chi connectivity index (χ3n) is 1.48. The van der Waals surface area contributed by atoms with Crippen LogP contribution in [0, 0.1) is 0 Å². The first-order valence-corrected chi connectivity index (χ1v) is 5.19. The van der Waals surface area contributed by atoms with Crippen LogP contribution in [0.2, 0.25) is 0 Å². The van der Waals surface area contributed by atoms with E-state index in [1.807, 2.05) is 30.3 Å². The van der Waals surface area contributed by atoms with Crippen molar-refractivity contribution < 1.29 is 17.7 Å². The lowest BCUT2D eigenvalue weighted by Crippen LogP contribution is -2.04. The topological polar surface area (TPSA) is 58.6 Å². The fourth-order valence-electron chi connectivity index (χ4n) is 0.893. The Kier molecular flexibility index (Phi) is 5.21. The van der Waals surface area contributed by atoms with Crippen molar-refractivity contribution in [3.63, 3.8) is 0 Å². The number of benzene rings is 1. The normalized spacial score (nSPS) is 12.4. The zero-order valence-electron chi connectivity index (χ0n) is 7.55. The standard InChI is InChI=1S/C9H12O4S/c10-14(11)13-8-4-7-12-9-5-2-1-3-6-9/h1-3,5-6H,4,7-8H2,(H,10,11)/p-1. The Morgan fingerprint density at radius 1 is 1.21 bits per heavy atom. The van der Waals surface area contributed by atoms with E-state index in [-0.39, 0.29) is 6.61 Å². The largest absolute Gasteiger partial charge is 0.750 e. The van der Waals surface area contributed by atoms with Gasteiger partial charge in [0.2, 0.25) is 0 Å². The maximum atomic E-state index is 9.97. The van der Waals surface area contributed by atoms with Gasteiger partial charge in [0.15, 0.2) is 0 Å². The molecule has 1 atom stereocenters. The van der Waals surface area contributed by atoms with Gasteiger partial charge >= 0.3 is 0 Å². The molecule has 14 heavy (non-hydrogen) atoms. The summed E-state index contributed by atoms with van der Waals surface area (Å²) in [5, 5.41) is 0. The Balaban J connectivity index is 2.08. The first-order chi connectivity index (χ1) is 6.79. The van der Waals surface area contributed by atoms with Crippen LogP contribution in [0.4, 0.5) is 0 Å². The summed E-state index contributed by atoms with van der Waals surface area (Å²) >= 11 is -2.42. The predicted octanol–water partition coefficient (Wildman–Crippen LogP) is 1.27. The molecule has 4 nitrogen and oxygen atoms in total. The van der Waals surface area contributed by atoms with E-state index in [0.29, 0.717) is 13.0 Å². The van der Waals surface area contributed by atoms with Gasteiger partial charge < -0.3 is 13.5 Å². The second-order valence-corrected chi connectivity index (χ2v) is 3.19. The minimum absolute atomic E-state index is 0.156. The summed E-state index contributed by atoms with van der Waals surface area (Å²) in [6.07, 6.45) is 0.545. The van der Waals surface area contributed by atoms with E-state index in [0.717, 1.165) is 5.75 Å². The Morgan fingerprint density at radius 2 is 1.93 bits per heavy atom. The minimum Gasteiger partial charge on any atom is -0.750 e. The van der Waals surface area contributed by atoms with E-state index in [1.165, 1.54) is 0 Å². The van der Waals surface area contributed by atoms with Gasteiger partial charge in [-0.25, -0.2) is 4.21 Å². The zero-order chi connectivity index (χ0) is 10.2. The van der Waals surface area contributed by atoms with Crippen molar-refractivity contribution in [3.8, 4) is 5.75 Å². The molecule has 0 aliphatic heterocycles. The Labute approximate surface area is 85.3 Å². The molecule has 0 radical (unpaired) electrons. The number of hydrogen-bond donors (Lipinski definition) is 0. The van der Waals surface area contributed by atoms with Gasteiger partial charge in [-0.1, -0.05) is 18.2 Å². The van der Waals surface area contributed by atoms with E-state index < -0.39 is 11.4 Å². The predicted molar refractivity (Wildman–Crippen MR) is 51.4 cm³/mol. The molecule has 0 N–H and O–H groups in total. The van der Waals surface area contributed by atoms with Gasteiger partial charge in [-0.15, -0.1) is 0 Å². The van der Waals surface area contributed by atoms with Crippen LogP contribution in [0.5, 0.6) is 5.75 Å². The molecular weight excluding hydrogens is 204 g/mol. The molecule has 0 fully saturated rings. The van der Waals surface area contributed by atoms with Crippen molar-refractivity contribution >= 4 is 11.4 Å². The molecular formula is C9H11O4S-. The lowest BCUT2D eigenvalue weighted by atomic mass is 10.3. The Bertz CT molecular complexity index is 275. The van der Waals surface area contributed by atoms with Crippen LogP contribution in [0.25, 0.3) is 0 Å². The fourth-order valence-corrected chi connectivity index (χ4v) is 1.15. The highest BCUT2D eigenvalue weighted by molar-refractivity contribution is 7.74. The summed E-state index contributed by atoms with van der Waals surface area (Å²) in [5.74, 6) is 0.774. The number of ether oxygens (including phenoxy) is 1. The van der Waals surface area contributed by atoms with E-state index in [2.05, 4.69) is 4.18 Å². The number of hydrogen-bond acceptors (Lipinski definition) is 4. The quantitative estimate of drug-likeness (QED) is 0.529. The molecule has 0 aliphatic rings. The second-order valence-electron chi connectivity index (χ2n) is 2.54. The van der Waals surface area contributed by atoms with Gasteiger partial charge in [-0.05, 0) is 12.1 Å². The smallest absolute Gasteiger partial charge is 0.119 e. The molecule has 5 heteroatoms. The minimum atomic E-state index is -2.42. The summed E-state index contributed by atoms with van der Waals surface area (Å²) in [4.78, 5) is 0. The van der Waals surface area contributed by atoms with Crippen LogP contribution in [-0.2, 0) is 15.5 Å². The monoisotopic (exact) mass is 215 g/mol. The van der Waals surface area contributed by atoms with Crippen molar-refractivity contribution in [3.05, 3.63) is 30.3 Å². The van der Waals surface area contributed by atoms with E-state index in [4.69, 9.17) is 4.74 Å². The lowest BCUT2D eigenvalue weighted by molar-refractivity contribution is 0.244. The summed E-state index contributed by atoms with van der Waals surface area (Å²) in [7, 11) is 0. The summed E-state index contributed by atoms with van der Waals surface area (Å²) < 4.78 is 29.6. The highest BCUT2D eigenvalue weighted by atomic mass is 32.2. The van der Waals surface area contributed by atoms with Crippen molar-refractivity contribution in [2.45, 2.75) is 6.42 Å². The van der Waals surface area contributed by atoms with Gasteiger partial charge in [0, 0.05) is 6.42 Å². The highest BCUT2D eigenvalue weighted by Gasteiger charge is 1.92. The molecule has 1 aromatic carbocycles. The van der Waals surface area contributed by atoms with Crippen molar-refractivity contribution in [1.82, 2.24) is 0 Å². The third-order valence-corrected chi connectivity index (χ3v) is 1.84. The summed E-state index contributed by atoms with van der Waals surface area (Å²) in [5.41, 5.74) is 0. The second kappa shape index (κ2) is 6.53. The van der Waals surface area contributed by atoms with Gasteiger partial charge in [-0.2, -0.15) is 0 Å². The van der Waals surface area contributed by atoms with Gasteiger partial charge in [-0.3, -0.25) is 0 Å². The molecule has 0 heterocycles. The third kappa shape index (κ3) is 4.96. The maximum Gasteiger partial charge on any atom is 0.119 e. The molecule has 0 spiro atoms. The molecule has 78 valence electrons. The maximum absolute atomic E-state index is 9.97. The average molecular weight is 215 g/mol. The van der Waals surface area contributed by atoms with Crippen LogP contribution in [0.1, 0.15) is 6.42 Å². The highest BCUT2D eigenvalue weighted by Crippen LogP contribution is 2.08. The Hall–Kier alpha value is -0.910. The van der Waals surface area contributed by atoms with Crippen molar-refractivity contribution in [2.24, 2.45) is 0 Å². The average Bonchev–Trinajstić information content (AvgIpc) is 2.18. The molecule has 1 unspecified atom stereocenters.